The summed E-state index contributed by atoms with van der Waals surface area (Å²) in [4.78, 5) is 11.4. The molecule has 4 rings (SSSR count). The van der Waals surface area contributed by atoms with E-state index in [1.54, 1.807) is 0 Å². The number of aromatic nitrogens is 2. The van der Waals surface area contributed by atoms with E-state index in [1.165, 1.54) is 24.8 Å². The van der Waals surface area contributed by atoms with Gasteiger partial charge in [0.15, 0.2) is 0 Å². The molecule has 0 amide bonds. The van der Waals surface area contributed by atoms with E-state index in [0.29, 0.717) is 12.0 Å². The van der Waals surface area contributed by atoms with E-state index in [2.05, 4.69) is 56.2 Å². The number of pyridine rings is 2. The Morgan fingerprint density at radius 1 is 1.14 bits per heavy atom. The van der Waals surface area contributed by atoms with Crippen LogP contribution in [0.25, 0.3) is 11.1 Å². The monoisotopic (exact) mass is 343 g/mol. The molecule has 0 aliphatic carbocycles. The Kier molecular flexibility index (Phi) is 3.31. The van der Waals surface area contributed by atoms with Gasteiger partial charge in [0, 0.05) is 47.7 Å². The van der Waals surface area contributed by atoms with Gasteiger partial charge in [-0.25, -0.2) is 4.98 Å². The van der Waals surface area contributed by atoms with Crippen LogP contribution in [-0.4, -0.2) is 34.0 Å². The van der Waals surface area contributed by atoms with Gasteiger partial charge in [-0.1, -0.05) is 6.07 Å². The lowest BCUT2D eigenvalue weighted by molar-refractivity contribution is 0.307. The summed E-state index contributed by atoms with van der Waals surface area (Å²) in [5.41, 5.74) is 3.68. The van der Waals surface area contributed by atoms with Gasteiger partial charge in [-0.15, -0.1) is 0 Å². The molecule has 21 heavy (non-hydrogen) atoms. The number of likely N-dealkylation sites (N-methyl/N-ethyl adjacent to an activating group) is 1. The third-order valence-corrected chi connectivity index (χ3v) is 5.60. The van der Waals surface area contributed by atoms with Crippen LogP contribution in [0.4, 0.5) is 0 Å². The van der Waals surface area contributed by atoms with Crippen molar-refractivity contribution in [1.29, 1.82) is 0 Å². The molecule has 2 fully saturated rings. The molecule has 4 heterocycles. The van der Waals surface area contributed by atoms with E-state index in [0.717, 1.165) is 21.8 Å². The third kappa shape index (κ3) is 2.30. The molecule has 2 aliphatic heterocycles. The number of halogens is 1. The average molecular weight is 344 g/mol. The van der Waals surface area contributed by atoms with E-state index in [1.807, 2.05) is 18.5 Å². The molecule has 2 aromatic heterocycles. The van der Waals surface area contributed by atoms with E-state index in [4.69, 9.17) is 0 Å². The zero-order chi connectivity index (χ0) is 14.4. The van der Waals surface area contributed by atoms with Crippen LogP contribution in [0.15, 0.2) is 41.4 Å². The molecule has 0 aromatic carbocycles. The van der Waals surface area contributed by atoms with Crippen molar-refractivity contribution in [2.24, 2.45) is 0 Å². The summed E-state index contributed by atoms with van der Waals surface area (Å²) in [6.45, 7) is 0. The minimum atomic E-state index is 0.643. The Morgan fingerprint density at radius 2 is 2.05 bits per heavy atom. The normalized spacial score (nSPS) is 28.2. The second-order valence-electron chi connectivity index (χ2n) is 6.18. The standard InChI is InChI=1S/C17H18BrN3/c1-21-14-3-4-16(21)15(7-14)13-6-12(8-19-9-13)11-2-5-17(18)20-10-11/h2,5-6,8-10,14-16H,3-4,7H2,1H3/t14-,15+,16+/m1/s1. The summed E-state index contributed by atoms with van der Waals surface area (Å²) in [6, 6.07) is 7.85. The van der Waals surface area contributed by atoms with Crippen LogP contribution in [-0.2, 0) is 0 Å². The van der Waals surface area contributed by atoms with Crippen molar-refractivity contribution in [3.63, 3.8) is 0 Å². The smallest absolute Gasteiger partial charge is 0.106 e. The van der Waals surface area contributed by atoms with Gasteiger partial charge in [0.2, 0.25) is 0 Å². The SMILES string of the molecule is CN1[C@@H]2CC[C@H]1[C@H](c1cncc(-c3ccc(Br)nc3)c1)C2. The molecule has 0 unspecified atom stereocenters. The maximum Gasteiger partial charge on any atom is 0.106 e. The van der Waals surface area contributed by atoms with Crippen molar-refractivity contribution >= 4 is 15.9 Å². The lowest BCUT2D eigenvalue weighted by Crippen LogP contribution is -2.25. The summed E-state index contributed by atoms with van der Waals surface area (Å²) in [5, 5.41) is 0. The summed E-state index contributed by atoms with van der Waals surface area (Å²) in [7, 11) is 2.28. The second kappa shape index (κ2) is 5.18. The zero-order valence-electron chi connectivity index (χ0n) is 12.0. The van der Waals surface area contributed by atoms with Crippen LogP contribution in [0.5, 0.6) is 0 Å². The molecule has 108 valence electrons. The molecule has 0 spiro atoms. The van der Waals surface area contributed by atoms with Crippen LogP contribution in [0.3, 0.4) is 0 Å². The largest absolute Gasteiger partial charge is 0.300 e. The topological polar surface area (TPSA) is 29.0 Å². The van der Waals surface area contributed by atoms with E-state index in [-0.39, 0.29) is 0 Å². The van der Waals surface area contributed by atoms with Crippen molar-refractivity contribution in [1.82, 2.24) is 14.9 Å². The highest BCUT2D eigenvalue weighted by molar-refractivity contribution is 9.10. The molecular formula is C17H18BrN3. The maximum atomic E-state index is 4.48. The minimum absolute atomic E-state index is 0.643. The van der Waals surface area contributed by atoms with Gasteiger partial charge in [0.05, 0.1) is 0 Å². The van der Waals surface area contributed by atoms with E-state index in [9.17, 15) is 0 Å². The molecule has 0 saturated carbocycles. The average Bonchev–Trinajstić information content (AvgIpc) is 3.03. The van der Waals surface area contributed by atoms with Crippen molar-refractivity contribution in [2.75, 3.05) is 7.05 Å². The lowest BCUT2D eigenvalue weighted by Gasteiger charge is -2.22. The fourth-order valence-corrected chi connectivity index (χ4v) is 4.22. The van der Waals surface area contributed by atoms with Gasteiger partial charge in [-0.2, -0.15) is 0 Å². The lowest BCUT2D eigenvalue weighted by atomic mass is 9.84. The van der Waals surface area contributed by atoms with Gasteiger partial charge < -0.3 is 0 Å². The Morgan fingerprint density at radius 3 is 2.71 bits per heavy atom. The first-order chi connectivity index (χ1) is 10.2. The Bertz CT molecular complexity index is 655. The second-order valence-corrected chi connectivity index (χ2v) is 7.00. The van der Waals surface area contributed by atoms with E-state index >= 15 is 0 Å². The molecule has 0 radical (unpaired) electrons. The quantitative estimate of drug-likeness (QED) is 0.775. The van der Waals surface area contributed by atoms with Crippen LogP contribution in [0, 0.1) is 0 Å². The summed E-state index contributed by atoms with van der Waals surface area (Å²) < 4.78 is 0.866. The van der Waals surface area contributed by atoms with Crippen molar-refractivity contribution < 1.29 is 0 Å². The number of fused-ring (bicyclic) bond motifs is 2. The summed E-state index contributed by atoms with van der Waals surface area (Å²) in [5.74, 6) is 0.643. The van der Waals surface area contributed by atoms with Crippen molar-refractivity contribution in [3.05, 3.63) is 47.0 Å². The Balaban J connectivity index is 1.66. The molecule has 2 bridgehead atoms. The molecule has 3 atom stereocenters. The maximum absolute atomic E-state index is 4.48. The van der Waals surface area contributed by atoms with Crippen LogP contribution < -0.4 is 0 Å². The predicted octanol–water partition coefficient (Wildman–Crippen LogP) is 3.86. The number of hydrogen-bond donors (Lipinski definition) is 0. The van der Waals surface area contributed by atoms with Gasteiger partial charge in [-0.05, 0) is 59.9 Å². The summed E-state index contributed by atoms with van der Waals surface area (Å²) in [6.07, 6.45) is 9.86. The first-order valence-electron chi connectivity index (χ1n) is 7.51. The fourth-order valence-electron chi connectivity index (χ4n) is 3.98. The molecule has 2 aromatic rings. The number of nitrogens with zero attached hydrogens (tertiary/aromatic N) is 3. The molecule has 4 heteroatoms. The first kappa shape index (κ1) is 13.4. The third-order valence-electron chi connectivity index (χ3n) is 5.13. The van der Waals surface area contributed by atoms with E-state index < -0.39 is 0 Å². The Labute approximate surface area is 133 Å². The molecule has 2 saturated heterocycles. The molecule has 2 aliphatic rings. The zero-order valence-corrected chi connectivity index (χ0v) is 13.6. The highest BCUT2D eigenvalue weighted by Gasteiger charge is 2.44. The summed E-state index contributed by atoms with van der Waals surface area (Å²) >= 11 is 3.38. The van der Waals surface area contributed by atoms with Gasteiger partial charge >= 0.3 is 0 Å². The highest BCUT2D eigenvalue weighted by Crippen LogP contribution is 2.45. The molecular weight excluding hydrogens is 326 g/mol. The van der Waals surface area contributed by atoms with Crippen molar-refractivity contribution in [3.8, 4) is 11.1 Å². The predicted molar refractivity (Wildman–Crippen MR) is 87.1 cm³/mol. The fraction of sp³-hybridized carbons (Fsp3) is 0.412. The first-order valence-corrected chi connectivity index (χ1v) is 8.30. The van der Waals surface area contributed by atoms with Crippen LogP contribution >= 0.6 is 15.9 Å². The van der Waals surface area contributed by atoms with Gasteiger partial charge in [-0.3, -0.25) is 9.88 Å². The minimum Gasteiger partial charge on any atom is -0.300 e. The molecule has 0 N–H and O–H groups in total. The number of hydrogen-bond acceptors (Lipinski definition) is 3. The molecule has 3 nitrogen and oxygen atoms in total. The van der Waals surface area contributed by atoms with Crippen LogP contribution in [0.2, 0.25) is 0 Å². The Hall–Kier alpha value is -1.26. The van der Waals surface area contributed by atoms with Gasteiger partial charge in [0.25, 0.3) is 0 Å². The van der Waals surface area contributed by atoms with Crippen LogP contribution in [0.1, 0.15) is 30.7 Å². The van der Waals surface area contributed by atoms with Crippen molar-refractivity contribution in [2.45, 2.75) is 37.3 Å². The number of rotatable bonds is 2. The van der Waals surface area contributed by atoms with Gasteiger partial charge in [0.1, 0.15) is 4.60 Å². The highest BCUT2D eigenvalue weighted by atomic mass is 79.9.